The van der Waals surface area contributed by atoms with Gasteiger partial charge < -0.3 is 9.30 Å². The number of fused-ring (bicyclic) bond motifs is 3. The van der Waals surface area contributed by atoms with Crippen molar-refractivity contribution in [2.75, 3.05) is 0 Å². The molecule has 0 amide bonds. The summed E-state index contributed by atoms with van der Waals surface area (Å²) in [5.41, 5.74) is 3.61. The predicted molar refractivity (Wildman–Crippen MR) is 116 cm³/mol. The topological polar surface area (TPSA) is 31.2 Å². The van der Waals surface area contributed by atoms with Crippen LogP contribution in [0.5, 0.6) is 5.75 Å². The first-order chi connectivity index (χ1) is 14.3. The third kappa shape index (κ3) is 3.47. The Morgan fingerprint density at radius 2 is 1.59 bits per heavy atom. The Bertz CT molecular complexity index is 1150. The monoisotopic (exact) mass is 397 g/mol. The number of hydrogen-bond acceptors (Lipinski definition) is 3. The summed E-state index contributed by atoms with van der Waals surface area (Å²) < 4.78 is 8.09. The lowest BCUT2D eigenvalue weighted by Gasteiger charge is -2.16. The molecule has 0 bridgehead atoms. The maximum Gasteiger partial charge on any atom is 0.224 e. The van der Waals surface area contributed by atoms with Gasteiger partial charge in [-0.1, -0.05) is 54.6 Å². The number of rotatable bonds is 4. The van der Waals surface area contributed by atoms with Gasteiger partial charge in [0.15, 0.2) is 6.10 Å². The van der Waals surface area contributed by atoms with Crippen LogP contribution in [0.25, 0.3) is 5.69 Å². The molecule has 1 atom stereocenters. The van der Waals surface area contributed by atoms with Crippen LogP contribution in [0.3, 0.4) is 0 Å². The van der Waals surface area contributed by atoms with Crippen molar-refractivity contribution >= 4 is 17.5 Å². The Balaban J connectivity index is 1.41. The molecule has 4 heteroatoms. The molecule has 1 aliphatic heterocycles. The van der Waals surface area contributed by atoms with E-state index in [-0.39, 0.29) is 5.78 Å². The van der Waals surface area contributed by atoms with Crippen LogP contribution in [0.1, 0.15) is 27.7 Å². The molecule has 29 heavy (non-hydrogen) atoms. The van der Waals surface area contributed by atoms with Gasteiger partial charge in [0.25, 0.3) is 0 Å². The molecule has 0 aliphatic carbocycles. The molecule has 0 fully saturated rings. The molecule has 0 spiro atoms. The Morgan fingerprint density at radius 1 is 0.828 bits per heavy atom. The number of Topliss-reactive ketones (excluding diaryl/α,β-unsaturated/α-hetero) is 1. The highest BCUT2D eigenvalue weighted by molar-refractivity contribution is 7.98. The van der Waals surface area contributed by atoms with Gasteiger partial charge in [0, 0.05) is 22.4 Å². The summed E-state index contributed by atoms with van der Waals surface area (Å²) in [5, 5.41) is 0. The third-order valence-electron chi connectivity index (χ3n) is 5.04. The molecule has 4 aromatic rings. The van der Waals surface area contributed by atoms with E-state index in [0.29, 0.717) is 11.4 Å². The fourth-order valence-electron chi connectivity index (χ4n) is 3.55. The standard InChI is InChI=1S/C25H19NO2S/c27-24-22-10-6-16-26(22)21-9-4-5-11-23(21)28-25(24)19-14-12-18(13-15-19)17-29-20-7-2-1-3-8-20/h1-16,25H,17H2. The van der Waals surface area contributed by atoms with Crippen LogP contribution in [0.15, 0.2) is 102 Å². The SMILES string of the molecule is O=C1c2cccn2-c2ccccc2OC1c1ccc(CSc2ccccc2)cc1. The minimum atomic E-state index is -0.650. The zero-order chi connectivity index (χ0) is 19.6. The Hall–Kier alpha value is -3.24. The molecule has 2 heterocycles. The van der Waals surface area contributed by atoms with Crippen molar-refractivity contribution in [3.05, 3.63) is 114 Å². The summed E-state index contributed by atoms with van der Waals surface area (Å²) in [4.78, 5) is 14.5. The van der Waals surface area contributed by atoms with Crippen molar-refractivity contribution in [2.45, 2.75) is 16.8 Å². The minimum Gasteiger partial charge on any atom is -0.475 e. The van der Waals surface area contributed by atoms with Crippen LogP contribution in [0.4, 0.5) is 0 Å². The number of carbonyl (C=O) groups is 1. The maximum atomic E-state index is 13.2. The molecule has 1 unspecified atom stereocenters. The first-order valence-electron chi connectivity index (χ1n) is 9.54. The van der Waals surface area contributed by atoms with Crippen molar-refractivity contribution in [3.63, 3.8) is 0 Å². The van der Waals surface area contributed by atoms with Crippen molar-refractivity contribution in [1.82, 2.24) is 4.57 Å². The van der Waals surface area contributed by atoms with Gasteiger partial charge in [0.05, 0.1) is 11.4 Å². The lowest BCUT2D eigenvalue weighted by Crippen LogP contribution is -2.18. The van der Waals surface area contributed by atoms with Crippen LogP contribution in [0.2, 0.25) is 0 Å². The molecule has 3 aromatic carbocycles. The molecular weight excluding hydrogens is 378 g/mol. The fraction of sp³-hybridized carbons (Fsp3) is 0.0800. The van der Waals surface area contributed by atoms with E-state index in [2.05, 4.69) is 24.3 Å². The minimum absolute atomic E-state index is 0.0300. The highest BCUT2D eigenvalue weighted by atomic mass is 32.2. The number of para-hydroxylation sites is 2. The van der Waals surface area contributed by atoms with Crippen LogP contribution in [-0.2, 0) is 5.75 Å². The zero-order valence-corrected chi connectivity index (χ0v) is 16.5. The van der Waals surface area contributed by atoms with Crippen LogP contribution in [0, 0.1) is 0 Å². The molecule has 5 rings (SSSR count). The van der Waals surface area contributed by atoms with E-state index in [0.717, 1.165) is 17.0 Å². The van der Waals surface area contributed by atoms with E-state index < -0.39 is 6.10 Å². The molecule has 0 saturated heterocycles. The number of carbonyl (C=O) groups excluding carboxylic acids is 1. The van der Waals surface area contributed by atoms with Crippen molar-refractivity contribution < 1.29 is 9.53 Å². The van der Waals surface area contributed by atoms with Gasteiger partial charge in [0.2, 0.25) is 5.78 Å². The first-order valence-corrected chi connectivity index (χ1v) is 10.5. The number of nitrogens with zero attached hydrogens (tertiary/aromatic N) is 1. The summed E-state index contributed by atoms with van der Waals surface area (Å²) in [7, 11) is 0. The van der Waals surface area contributed by atoms with E-state index >= 15 is 0 Å². The number of thioether (sulfide) groups is 1. The molecule has 3 nitrogen and oxygen atoms in total. The number of aromatic nitrogens is 1. The highest BCUT2D eigenvalue weighted by Crippen LogP contribution is 2.35. The summed E-state index contributed by atoms with van der Waals surface area (Å²) in [6.45, 7) is 0. The predicted octanol–water partition coefficient (Wildman–Crippen LogP) is 6.09. The number of ether oxygens (including phenoxy) is 1. The summed E-state index contributed by atoms with van der Waals surface area (Å²) in [5.74, 6) is 1.57. The van der Waals surface area contributed by atoms with Gasteiger partial charge in [-0.25, -0.2) is 0 Å². The van der Waals surface area contributed by atoms with E-state index in [1.54, 1.807) is 11.8 Å². The summed E-state index contributed by atoms with van der Waals surface area (Å²) in [6.07, 6.45) is 1.25. The number of ketones is 1. The molecule has 0 N–H and O–H groups in total. The summed E-state index contributed by atoms with van der Waals surface area (Å²) >= 11 is 1.80. The van der Waals surface area contributed by atoms with Gasteiger partial charge in [-0.2, -0.15) is 0 Å². The fourth-order valence-corrected chi connectivity index (χ4v) is 4.43. The zero-order valence-electron chi connectivity index (χ0n) is 15.7. The Kier molecular flexibility index (Phi) is 4.70. The third-order valence-corrected chi connectivity index (χ3v) is 6.12. The molecule has 0 radical (unpaired) electrons. The van der Waals surface area contributed by atoms with Crippen molar-refractivity contribution in [1.29, 1.82) is 0 Å². The molecule has 142 valence electrons. The van der Waals surface area contributed by atoms with E-state index in [9.17, 15) is 4.79 Å². The lowest BCUT2D eigenvalue weighted by atomic mass is 10.0. The van der Waals surface area contributed by atoms with E-state index in [4.69, 9.17) is 4.74 Å². The molecular formula is C25H19NO2S. The summed E-state index contributed by atoms with van der Waals surface area (Å²) in [6, 6.07) is 30.0. The molecule has 1 aromatic heterocycles. The van der Waals surface area contributed by atoms with Gasteiger partial charge in [0.1, 0.15) is 5.75 Å². The molecule has 0 saturated carbocycles. The highest BCUT2D eigenvalue weighted by Gasteiger charge is 2.30. The second kappa shape index (κ2) is 7.64. The number of hydrogen-bond donors (Lipinski definition) is 0. The van der Waals surface area contributed by atoms with Crippen LogP contribution >= 0.6 is 11.8 Å². The molecule has 1 aliphatic rings. The first kappa shape index (κ1) is 17.8. The second-order valence-electron chi connectivity index (χ2n) is 6.94. The van der Waals surface area contributed by atoms with Crippen LogP contribution < -0.4 is 4.74 Å². The van der Waals surface area contributed by atoms with Crippen LogP contribution in [-0.4, -0.2) is 10.4 Å². The second-order valence-corrected chi connectivity index (χ2v) is 7.99. The van der Waals surface area contributed by atoms with Crippen molar-refractivity contribution in [2.24, 2.45) is 0 Å². The average Bonchev–Trinajstić information content (AvgIpc) is 3.23. The van der Waals surface area contributed by atoms with Gasteiger partial charge in [-0.3, -0.25) is 4.79 Å². The van der Waals surface area contributed by atoms with Gasteiger partial charge >= 0.3 is 0 Å². The average molecular weight is 397 g/mol. The Morgan fingerprint density at radius 3 is 2.41 bits per heavy atom. The van der Waals surface area contributed by atoms with Gasteiger partial charge in [-0.15, -0.1) is 11.8 Å². The quantitative estimate of drug-likeness (QED) is 0.391. The maximum absolute atomic E-state index is 13.2. The number of benzene rings is 3. The lowest BCUT2D eigenvalue weighted by molar-refractivity contribution is 0.0796. The largest absolute Gasteiger partial charge is 0.475 e. The van der Waals surface area contributed by atoms with E-state index in [1.807, 2.05) is 77.5 Å². The smallest absolute Gasteiger partial charge is 0.224 e. The van der Waals surface area contributed by atoms with Gasteiger partial charge in [-0.05, 0) is 42.0 Å². The van der Waals surface area contributed by atoms with Crippen molar-refractivity contribution in [3.8, 4) is 11.4 Å². The normalized spacial score (nSPS) is 15.2. The van der Waals surface area contributed by atoms with E-state index in [1.165, 1.54) is 10.5 Å². The Labute approximate surface area is 174 Å².